The number of methoxy groups -OCH3 is 1. The summed E-state index contributed by atoms with van der Waals surface area (Å²) in [5.41, 5.74) is 6.56. The second-order valence-corrected chi connectivity index (χ2v) is 4.77. The molecule has 0 saturated carbocycles. The molecule has 4 heteroatoms. The molecule has 0 aliphatic heterocycles. The van der Waals surface area contributed by atoms with Gasteiger partial charge in [-0.2, -0.15) is 0 Å². The second-order valence-electron chi connectivity index (χ2n) is 3.92. The molecule has 2 unspecified atom stereocenters. The third kappa shape index (κ3) is 3.47. The van der Waals surface area contributed by atoms with Crippen LogP contribution in [0.4, 0.5) is 0 Å². The molecule has 0 bridgehead atoms. The topological polar surface area (TPSA) is 55.5 Å². The Balaban J connectivity index is 2.76. The molecule has 0 spiro atoms. The summed E-state index contributed by atoms with van der Waals surface area (Å²) < 4.78 is 6.10. The fourth-order valence-corrected chi connectivity index (χ4v) is 2.19. The highest BCUT2D eigenvalue weighted by Crippen LogP contribution is 2.30. The number of rotatable bonds is 5. The van der Waals surface area contributed by atoms with Crippen LogP contribution in [0.15, 0.2) is 22.7 Å². The number of nitrogens with two attached hydrogens (primary N) is 1. The van der Waals surface area contributed by atoms with E-state index < -0.39 is 6.10 Å². The molecule has 1 aromatic carbocycles. The lowest BCUT2D eigenvalue weighted by Gasteiger charge is -2.16. The van der Waals surface area contributed by atoms with E-state index in [1.165, 1.54) is 5.56 Å². The fourth-order valence-electron chi connectivity index (χ4n) is 1.63. The first kappa shape index (κ1) is 13.5. The zero-order valence-electron chi connectivity index (χ0n) is 9.61. The molecule has 2 atom stereocenters. The highest BCUT2D eigenvalue weighted by atomic mass is 79.9. The van der Waals surface area contributed by atoms with Crippen LogP contribution in [0.1, 0.15) is 24.8 Å². The Hall–Kier alpha value is -0.580. The van der Waals surface area contributed by atoms with E-state index in [1.807, 2.05) is 18.2 Å². The number of halogens is 1. The summed E-state index contributed by atoms with van der Waals surface area (Å²) in [5, 5.41) is 9.50. The molecule has 0 fully saturated rings. The van der Waals surface area contributed by atoms with E-state index in [2.05, 4.69) is 22.9 Å². The normalized spacial score (nSPS) is 14.6. The summed E-state index contributed by atoms with van der Waals surface area (Å²) >= 11 is 3.45. The molecular formula is C12H18BrNO2. The number of aliphatic hydroxyl groups is 1. The van der Waals surface area contributed by atoms with Crippen molar-refractivity contribution in [3.63, 3.8) is 0 Å². The maximum absolute atomic E-state index is 9.50. The van der Waals surface area contributed by atoms with E-state index in [9.17, 15) is 5.11 Å². The van der Waals surface area contributed by atoms with Crippen molar-refractivity contribution in [2.24, 2.45) is 5.73 Å². The van der Waals surface area contributed by atoms with Crippen LogP contribution in [-0.4, -0.2) is 24.9 Å². The van der Waals surface area contributed by atoms with E-state index in [-0.39, 0.29) is 5.92 Å². The van der Waals surface area contributed by atoms with E-state index in [0.29, 0.717) is 13.0 Å². The minimum atomic E-state index is -0.434. The zero-order chi connectivity index (χ0) is 12.1. The van der Waals surface area contributed by atoms with Gasteiger partial charge in [0, 0.05) is 6.54 Å². The smallest absolute Gasteiger partial charge is 0.133 e. The largest absolute Gasteiger partial charge is 0.496 e. The number of ether oxygens (including phenoxy) is 1. The minimum absolute atomic E-state index is 0.278. The number of hydrogen-bond donors (Lipinski definition) is 2. The molecule has 0 aliphatic carbocycles. The van der Waals surface area contributed by atoms with Gasteiger partial charge in [-0.05, 0) is 46.0 Å². The molecule has 1 rings (SSSR count). The van der Waals surface area contributed by atoms with Crippen molar-refractivity contribution >= 4 is 15.9 Å². The molecule has 0 aromatic heterocycles. The van der Waals surface area contributed by atoms with Crippen LogP contribution in [0.3, 0.4) is 0 Å². The summed E-state index contributed by atoms with van der Waals surface area (Å²) in [7, 11) is 1.64. The predicted octanol–water partition coefficient (Wildman–Crippen LogP) is 2.27. The first-order valence-electron chi connectivity index (χ1n) is 5.30. The van der Waals surface area contributed by atoms with Crippen LogP contribution in [0.2, 0.25) is 0 Å². The molecule has 0 radical (unpaired) electrons. The van der Waals surface area contributed by atoms with Crippen molar-refractivity contribution < 1.29 is 9.84 Å². The van der Waals surface area contributed by atoms with Crippen molar-refractivity contribution in [3.8, 4) is 5.75 Å². The molecule has 0 saturated heterocycles. The van der Waals surface area contributed by atoms with Crippen LogP contribution >= 0.6 is 15.9 Å². The van der Waals surface area contributed by atoms with Gasteiger partial charge in [0.2, 0.25) is 0 Å². The number of aliphatic hydroxyl groups excluding tert-OH is 1. The molecule has 16 heavy (non-hydrogen) atoms. The van der Waals surface area contributed by atoms with Gasteiger partial charge in [0.05, 0.1) is 17.7 Å². The summed E-state index contributed by atoms with van der Waals surface area (Å²) in [4.78, 5) is 0. The predicted molar refractivity (Wildman–Crippen MR) is 68.8 cm³/mol. The van der Waals surface area contributed by atoms with Crippen molar-refractivity contribution in [1.29, 1.82) is 0 Å². The first-order valence-corrected chi connectivity index (χ1v) is 6.09. The van der Waals surface area contributed by atoms with E-state index >= 15 is 0 Å². The Morgan fingerprint density at radius 3 is 2.69 bits per heavy atom. The van der Waals surface area contributed by atoms with Crippen molar-refractivity contribution in [3.05, 3.63) is 28.2 Å². The van der Waals surface area contributed by atoms with Gasteiger partial charge in [-0.3, -0.25) is 0 Å². The second kappa shape index (κ2) is 6.23. The third-order valence-electron chi connectivity index (χ3n) is 2.64. The molecule has 0 aliphatic rings. The zero-order valence-corrected chi connectivity index (χ0v) is 11.2. The molecule has 0 amide bonds. The SMILES string of the molecule is COc1ccc(C(C)CC(O)CN)cc1Br. The van der Waals surface area contributed by atoms with Gasteiger partial charge >= 0.3 is 0 Å². The maximum atomic E-state index is 9.50. The van der Waals surface area contributed by atoms with Crippen LogP contribution in [0, 0.1) is 0 Å². The van der Waals surface area contributed by atoms with E-state index in [4.69, 9.17) is 10.5 Å². The summed E-state index contributed by atoms with van der Waals surface area (Å²) in [6.45, 7) is 2.38. The molecule has 3 N–H and O–H groups in total. The van der Waals surface area contributed by atoms with Crippen LogP contribution in [0.25, 0.3) is 0 Å². The van der Waals surface area contributed by atoms with Gasteiger partial charge in [0.25, 0.3) is 0 Å². The Labute approximate surface area is 105 Å². The standard InChI is InChI=1S/C12H18BrNO2/c1-8(5-10(15)7-14)9-3-4-12(16-2)11(13)6-9/h3-4,6,8,10,15H,5,7,14H2,1-2H3. The lowest BCUT2D eigenvalue weighted by Crippen LogP contribution is -2.21. The molecule has 1 aromatic rings. The summed E-state index contributed by atoms with van der Waals surface area (Å²) in [6.07, 6.45) is 0.241. The molecular weight excluding hydrogens is 270 g/mol. The maximum Gasteiger partial charge on any atom is 0.133 e. The Morgan fingerprint density at radius 1 is 1.50 bits per heavy atom. The third-order valence-corrected chi connectivity index (χ3v) is 3.26. The van der Waals surface area contributed by atoms with Gasteiger partial charge in [-0.1, -0.05) is 13.0 Å². The average molecular weight is 288 g/mol. The van der Waals surface area contributed by atoms with Gasteiger partial charge < -0.3 is 15.6 Å². The fraction of sp³-hybridized carbons (Fsp3) is 0.500. The average Bonchev–Trinajstić information content (AvgIpc) is 2.28. The lowest BCUT2D eigenvalue weighted by atomic mass is 9.95. The summed E-state index contributed by atoms with van der Waals surface area (Å²) in [6, 6.07) is 5.95. The Kier molecular flexibility index (Phi) is 5.25. The van der Waals surface area contributed by atoms with Gasteiger partial charge in [-0.15, -0.1) is 0 Å². The number of benzene rings is 1. The first-order chi connectivity index (χ1) is 7.58. The monoisotopic (exact) mass is 287 g/mol. The van der Waals surface area contributed by atoms with Crippen molar-refractivity contribution in [2.75, 3.05) is 13.7 Å². The quantitative estimate of drug-likeness (QED) is 0.874. The van der Waals surface area contributed by atoms with E-state index in [0.717, 1.165) is 10.2 Å². The summed E-state index contributed by atoms with van der Waals surface area (Å²) in [5.74, 6) is 1.09. The highest BCUT2D eigenvalue weighted by molar-refractivity contribution is 9.10. The molecule has 0 heterocycles. The van der Waals surface area contributed by atoms with Crippen LogP contribution in [-0.2, 0) is 0 Å². The van der Waals surface area contributed by atoms with Crippen LogP contribution < -0.4 is 10.5 Å². The van der Waals surface area contributed by atoms with E-state index in [1.54, 1.807) is 7.11 Å². The van der Waals surface area contributed by atoms with Crippen LogP contribution in [0.5, 0.6) is 5.75 Å². The van der Waals surface area contributed by atoms with Gasteiger partial charge in [0.1, 0.15) is 5.75 Å². The Bertz CT molecular complexity index is 344. The molecule has 3 nitrogen and oxygen atoms in total. The van der Waals surface area contributed by atoms with Crippen molar-refractivity contribution in [2.45, 2.75) is 25.4 Å². The van der Waals surface area contributed by atoms with Gasteiger partial charge in [0.15, 0.2) is 0 Å². The minimum Gasteiger partial charge on any atom is -0.496 e. The van der Waals surface area contributed by atoms with Gasteiger partial charge in [-0.25, -0.2) is 0 Å². The van der Waals surface area contributed by atoms with Crippen molar-refractivity contribution in [1.82, 2.24) is 0 Å². The lowest BCUT2D eigenvalue weighted by molar-refractivity contribution is 0.165. The highest BCUT2D eigenvalue weighted by Gasteiger charge is 2.12. The number of hydrogen-bond acceptors (Lipinski definition) is 3. The Morgan fingerprint density at radius 2 is 2.19 bits per heavy atom. The molecule has 90 valence electrons.